The first-order valence-corrected chi connectivity index (χ1v) is 8.74. The van der Waals surface area contributed by atoms with Crippen molar-refractivity contribution in [3.05, 3.63) is 0 Å². The molecule has 23 heavy (non-hydrogen) atoms. The number of carbonyl (C=O) groups excluding carboxylic acids is 1. The quantitative estimate of drug-likeness (QED) is 0.638. The molecular formula is C13H30N3O6S+. The molecule has 0 heterocycles. The van der Waals surface area contributed by atoms with E-state index >= 15 is 0 Å². The molecule has 138 valence electrons. The zero-order valence-electron chi connectivity index (χ0n) is 15.0. The topological polar surface area (TPSA) is 113 Å². The van der Waals surface area contributed by atoms with E-state index in [-0.39, 0.29) is 9.93 Å². The lowest BCUT2D eigenvalue weighted by Gasteiger charge is -2.32. The number of aliphatic carboxylic acids is 1. The van der Waals surface area contributed by atoms with Gasteiger partial charge in [-0.25, -0.2) is 8.68 Å². The van der Waals surface area contributed by atoms with Crippen LogP contribution >= 0.6 is 0 Å². The maximum absolute atomic E-state index is 11.9. The van der Waals surface area contributed by atoms with Crippen molar-refractivity contribution >= 4 is 22.3 Å². The van der Waals surface area contributed by atoms with Crippen molar-refractivity contribution in [1.82, 2.24) is 9.62 Å². The third-order valence-electron chi connectivity index (χ3n) is 3.77. The molecule has 0 aromatic carbocycles. The van der Waals surface area contributed by atoms with E-state index in [9.17, 15) is 18.0 Å². The van der Waals surface area contributed by atoms with Gasteiger partial charge in [0.1, 0.15) is 6.04 Å². The van der Waals surface area contributed by atoms with Crippen LogP contribution in [0.2, 0.25) is 0 Å². The van der Waals surface area contributed by atoms with Crippen molar-refractivity contribution in [3.8, 4) is 0 Å². The van der Waals surface area contributed by atoms with Gasteiger partial charge in [-0.1, -0.05) is 0 Å². The second-order valence-corrected chi connectivity index (χ2v) is 6.98. The molecule has 0 fully saturated rings. The smallest absolute Gasteiger partial charge is 0.424 e. The number of carboxylic acid groups (broad SMARTS) is 1. The lowest BCUT2D eigenvalue weighted by atomic mass is 10.3. The molecule has 0 bridgehead atoms. The minimum atomic E-state index is -3.73. The number of hydrogen-bond donors (Lipinski definition) is 2. The number of carbonyl (C=O) groups is 2. The zero-order chi connectivity index (χ0) is 18.8. The molecule has 0 aliphatic carbocycles. The van der Waals surface area contributed by atoms with Gasteiger partial charge < -0.3 is 9.84 Å². The standard InChI is InChI=1S/C8H18N2O4S.C5H11NO2/c1-5-10(6-2,7-3)15(12,13)9-8(11)14-4;1-4(5(7)8)6(2)3/h5-7H2,1-4H3;4H,1-3H3,(H,7,8)/p+1. The lowest BCUT2D eigenvalue weighted by Crippen LogP contribution is -2.58. The number of rotatable bonds is 7. The minimum absolute atomic E-state index is 0.178. The summed E-state index contributed by atoms with van der Waals surface area (Å²) in [5.41, 5.74) is 0. The van der Waals surface area contributed by atoms with Gasteiger partial charge in [-0.05, 0) is 41.8 Å². The molecular weight excluding hydrogens is 326 g/mol. The molecule has 1 unspecified atom stereocenters. The van der Waals surface area contributed by atoms with E-state index in [4.69, 9.17) is 5.11 Å². The Morgan fingerprint density at radius 2 is 1.57 bits per heavy atom. The molecule has 0 aliphatic heterocycles. The highest BCUT2D eigenvalue weighted by atomic mass is 32.2. The highest BCUT2D eigenvalue weighted by Crippen LogP contribution is 2.12. The third-order valence-corrected chi connectivity index (χ3v) is 5.99. The molecule has 0 saturated carbocycles. The van der Waals surface area contributed by atoms with Crippen LogP contribution < -0.4 is 4.72 Å². The summed E-state index contributed by atoms with van der Waals surface area (Å²) >= 11 is 0. The van der Waals surface area contributed by atoms with Gasteiger partial charge in [-0.15, -0.1) is 0 Å². The lowest BCUT2D eigenvalue weighted by molar-refractivity contribution is -0.801. The summed E-state index contributed by atoms with van der Waals surface area (Å²) in [6, 6.07) is -0.380. The first-order chi connectivity index (χ1) is 10.4. The van der Waals surface area contributed by atoms with Gasteiger partial charge in [-0.2, -0.15) is 13.1 Å². The molecule has 0 aliphatic rings. The number of quaternary nitrogens is 1. The van der Waals surface area contributed by atoms with E-state index in [0.717, 1.165) is 7.11 Å². The summed E-state index contributed by atoms with van der Waals surface area (Å²) in [6.45, 7) is 8.15. The highest BCUT2D eigenvalue weighted by Gasteiger charge is 2.38. The summed E-state index contributed by atoms with van der Waals surface area (Å²) in [6.07, 6.45) is -0.951. The molecule has 0 spiro atoms. The maximum Gasteiger partial charge on any atom is 0.424 e. The van der Waals surface area contributed by atoms with Crippen LogP contribution in [0.1, 0.15) is 27.7 Å². The normalized spacial score (nSPS) is 12.9. The maximum atomic E-state index is 11.9. The molecule has 2 N–H and O–H groups in total. The van der Waals surface area contributed by atoms with Crippen molar-refractivity contribution in [1.29, 1.82) is 0 Å². The second-order valence-electron chi connectivity index (χ2n) is 5.05. The van der Waals surface area contributed by atoms with Gasteiger partial charge in [0.25, 0.3) is 0 Å². The number of likely N-dealkylation sites (N-methyl/N-ethyl adjacent to an activating group) is 1. The Kier molecular flexibility index (Phi) is 10.8. The van der Waals surface area contributed by atoms with Gasteiger partial charge in [-0.3, -0.25) is 9.69 Å². The minimum Gasteiger partial charge on any atom is -0.480 e. The highest BCUT2D eigenvalue weighted by molar-refractivity contribution is 7.84. The summed E-state index contributed by atoms with van der Waals surface area (Å²) in [7, 11) is 0.866. The van der Waals surface area contributed by atoms with Gasteiger partial charge in [0.2, 0.25) is 0 Å². The fourth-order valence-corrected chi connectivity index (χ4v) is 3.15. The zero-order valence-corrected chi connectivity index (χ0v) is 15.8. The Morgan fingerprint density at radius 3 is 1.74 bits per heavy atom. The fourth-order valence-electron chi connectivity index (χ4n) is 1.65. The summed E-state index contributed by atoms with van der Waals surface area (Å²) in [5, 5.41) is 8.31. The van der Waals surface area contributed by atoms with Gasteiger partial charge in [0, 0.05) is 0 Å². The van der Waals surface area contributed by atoms with E-state index in [1.165, 1.54) is 0 Å². The number of amides is 1. The Balaban J connectivity index is 0. The van der Waals surface area contributed by atoms with Crippen LogP contribution in [0.5, 0.6) is 0 Å². The van der Waals surface area contributed by atoms with Crippen LogP contribution in [0, 0.1) is 0 Å². The SMILES string of the molecule is CC(C(=O)O)N(C)C.CC[N+](CC)(CC)S(=O)(=O)NC(=O)OC. The largest absolute Gasteiger partial charge is 0.480 e. The summed E-state index contributed by atoms with van der Waals surface area (Å²) in [5.74, 6) is -0.782. The molecule has 0 aromatic heterocycles. The number of nitrogens with zero attached hydrogens (tertiary/aromatic N) is 2. The van der Waals surface area contributed by atoms with E-state index in [0.29, 0.717) is 19.6 Å². The summed E-state index contributed by atoms with van der Waals surface area (Å²) < 4.78 is 29.7. The van der Waals surface area contributed by atoms with Crippen LogP contribution in [0.3, 0.4) is 0 Å². The molecule has 10 heteroatoms. The third kappa shape index (κ3) is 7.14. The van der Waals surface area contributed by atoms with Crippen LogP contribution in [0.15, 0.2) is 0 Å². The Morgan fingerprint density at radius 1 is 1.17 bits per heavy atom. The first-order valence-electron chi connectivity index (χ1n) is 7.30. The molecule has 9 nitrogen and oxygen atoms in total. The first kappa shape index (κ1) is 23.9. The number of ether oxygens (including phenoxy) is 1. The van der Waals surface area contributed by atoms with Crippen molar-refractivity contribution in [3.63, 3.8) is 0 Å². The molecule has 0 saturated heterocycles. The molecule has 0 aromatic rings. The van der Waals surface area contributed by atoms with E-state index < -0.39 is 22.3 Å². The van der Waals surface area contributed by atoms with Crippen molar-refractivity contribution in [2.75, 3.05) is 40.8 Å². The second kappa shape index (κ2) is 10.4. The average Bonchev–Trinajstić information content (AvgIpc) is 2.48. The molecule has 0 rings (SSSR count). The van der Waals surface area contributed by atoms with Gasteiger partial charge >= 0.3 is 22.3 Å². The Labute approximate surface area is 139 Å². The Bertz CT molecular complexity index is 466. The van der Waals surface area contributed by atoms with E-state index in [2.05, 4.69) is 4.74 Å². The number of nitrogens with one attached hydrogen (secondary N) is 1. The van der Waals surface area contributed by atoms with Crippen molar-refractivity contribution in [2.24, 2.45) is 0 Å². The van der Waals surface area contributed by atoms with E-state index in [1.54, 1.807) is 46.7 Å². The van der Waals surface area contributed by atoms with Crippen LogP contribution in [0.4, 0.5) is 4.79 Å². The number of methoxy groups -OCH3 is 1. The van der Waals surface area contributed by atoms with Gasteiger partial charge in [0.05, 0.1) is 26.7 Å². The molecule has 1 atom stereocenters. The van der Waals surface area contributed by atoms with E-state index in [1.807, 2.05) is 4.72 Å². The van der Waals surface area contributed by atoms with Crippen molar-refractivity contribution in [2.45, 2.75) is 33.7 Å². The predicted octanol–water partition coefficient (Wildman–Crippen LogP) is 0.485. The van der Waals surface area contributed by atoms with Crippen LogP contribution in [0.25, 0.3) is 0 Å². The Hall–Kier alpha value is -1.39. The number of hydrogen-bond acceptors (Lipinski definition) is 6. The fraction of sp³-hybridized carbons (Fsp3) is 0.846. The summed E-state index contributed by atoms with van der Waals surface area (Å²) in [4.78, 5) is 22.6. The molecule has 1 amide bonds. The predicted molar refractivity (Wildman–Crippen MR) is 87.1 cm³/mol. The average molecular weight is 356 g/mol. The van der Waals surface area contributed by atoms with Gasteiger partial charge in [0.15, 0.2) is 0 Å². The monoisotopic (exact) mass is 356 g/mol. The molecule has 0 radical (unpaired) electrons. The van der Waals surface area contributed by atoms with Crippen LogP contribution in [-0.2, 0) is 19.7 Å². The number of carboxylic acids is 1. The van der Waals surface area contributed by atoms with Crippen LogP contribution in [-0.4, -0.2) is 81.3 Å². The van der Waals surface area contributed by atoms with Crippen molar-refractivity contribution < 1.29 is 31.7 Å².